The molecular weight excluding hydrogens is 330 g/mol. The Labute approximate surface area is 151 Å². The van der Waals surface area contributed by atoms with Crippen LogP contribution in [-0.2, 0) is 7.05 Å². The van der Waals surface area contributed by atoms with E-state index in [1.807, 2.05) is 19.4 Å². The molecule has 8 heteroatoms. The lowest BCUT2D eigenvalue weighted by molar-refractivity contribution is 0.0933. The van der Waals surface area contributed by atoms with E-state index >= 15 is 0 Å². The third-order valence-corrected chi connectivity index (χ3v) is 4.59. The van der Waals surface area contributed by atoms with Gasteiger partial charge in [0.25, 0.3) is 5.91 Å². The molecule has 4 heterocycles. The van der Waals surface area contributed by atoms with E-state index in [0.29, 0.717) is 11.4 Å². The van der Waals surface area contributed by atoms with E-state index in [4.69, 9.17) is 0 Å². The van der Waals surface area contributed by atoms with Crippen molar-refractivity contribution in [2.75, 3.05) is 18.0 Å². The largest absolute Gasteiger partial charge is 0.367 e. The molecule has 1 amide bonds. The van der Waals surface area contributed by atoms with Gasteiger partial charge in [0.15, 0.2) is 0 Å². The van der Waals surface area contributed by atoms with Gasteiger partial charge in [-0.05, 0) is 25.0 Å². The van der Waals surface area contributed by atoms with Crippen molar-refractivity contribution in [1.82, 2.24) is 29.6 Å². The van der Waals surface area contributed by atoms with Crippen LogP contribution in [-0.4, -0.2) is 49.4 Å². The average molecular weight is 351 g/mol. The number of carbonyl (C=O) groups excluding carboxylic acids is 1. The van der Waals surface area contributed by atoms with Gasteiger partial charge >= 0.3 is 0 Å². The van der Waals surface area contributed by atoms with Crippen LogP contribution in [0.4, 0.5) is 5.69 Å². The summed E-state index contributed by atoms with van der Waals surface area (Å²) in [4.78, 5) is 23.3. The lowest BCUT2D eigenvalue weighted by atomic mass is 10.0. The molecule has 0 saturated carbocycles. The third kappa shape index (κ3) is 3.44. The highest BCUT2D eigenvalue weighted by atomic mass is 16.1. The molecule has 0 aliphatic carbocycles. The van der Waals surface area contributed by atoms with Crippen molar-refractivity contribution in [3.05, 3.63) is 55.0 Å². The highest BCUT2D eigenvalue weighted by molar-refractivity contribution is 5.94. The standard InChI is InChI=1S/C18H21N7O/c1-23-12-16(10-21-23)24-7-2-3-15(11-24)22-18(26)14-4-5-20-17(9-14)25-8-6-19-13-25/h4-6,8-10,12-13,15H,2-3,7,11H2,1H3,(H,22,26). The quantitative estimate of drug-likeness (QED) is 0.768. The minimum Gasteiger partial charge on any atom is -0.367 e. The first-order valence-corrected chi connectivity index (χ1v) is 8.68. The van der Waals surface area contributed by atoms with Crippen LogP contribution in [0.2, 0.25) is 0 Å². The summed E-state index contributed by atoms with van der Waals surface area (Å²) < 4.78 is 3.58. The monoisotopic (exact) mass is 351 g/mol. The normalized spacial score (nSPS) is 17.3. The molecule has 3 aromatic heterocycles. The average Bonchev–Trinajstić information content (AvgIpc) is 3.34. The van der Waals surface area contributed by atoms with Crippen LogP contribution in [0.15, 0.2) is 49.4 Å². The summed E-state index contributed by atoms with van der Waals surface area (Å²) in [5, 5.41) is 7.39. The fourth-order valence-corrected chi connectivity index (χ4v) is 3.27. The molecule has 1 aliphatic heterocycles. The fraction of sp³-hybridized carbons (Fsp3) is 0.333. The number of hydrogen-bond donors (Lipinski definition) is 1. The lowest BCUT2D eigenvalue weighted by Crippen LogP contribution is -2.47. The number of hydrogen-bond acceptors (Lipinski definition) is 5. The number of piperidine rings is 1. The smallest absolute Gasteiger partial charge is 0.251 e. The Morgan fingerprint density at radius 2 is 2.27 bits per heavy atom. The summed E-state index contributed by atoms with van der Waals surface area (Å²) >= 11 is 0. The molecule has 1 atom stereocenters. The van der Waals surface area contributed by atoms with Crippen molar-refractivity contribution >= 4 is 11.6 Å². The van der Waals surface area contributed by atoms with Gasteiger partial charge in [-0.1, -0.05) is 0 Å². The van der Waals surface area contributed by atoms with Gasteiger partial charge in [-0.15, -0.1) is 0 Å². The Morgan fingerprint density at radius 1 is 1.35 bits per heavy atom. The Hall–Kier alpha value is -3.16. The number of carbonyl (C=O) groups is 1. The molecular formula is C18H21N7O. The molecule has 1 saturated heterocycles. The van der Waals surface area contributed by atoms with Gasteiger partial charge in [0.2, 0.25) is 0 Å². The maximum Gasteiger partial charge on any atom is 0.251 e. The number of imidazole rings is 1. The van der Waals surface area contributed by atoms with E-state index in [1.54, 1.807) is 46.3 Å². The lowest BCUT2D eigenvalue weighted by Gasteiger charge is -2.33. The molecule has 1 unspecified atom stereocenters. The van der Waals surface area contributed by atoms with Crippen LogP contribution in [0.25, 0.3) is 5.82 Å². The Morgan fingerprint density at radius 3 is 3.04 bits per heavy atom. The Balaban J connectivity index is 1.44. The summed E-state index contributed by atoms with van der Waals surface area (Å²) in [7, 11) is 1.91. The Kier molecular flexibility index (Phi) is 4.39. The predicted octanol–water partition coefficient (Wildman–Crippen LogP) is 1.40. The number of nitrogens with one attached hydrogen (secondary N) is 1. The van der Waals surface area contributed by atoms with E-state index in [0.717, 1.165) is 31.6 Å². The van der Waals surface area contributed by atoms with Crippen LogP contribution in [0, 0.1) is 0 Å². The SMILES string of the molecule is Cn1cc(N2CCCC(NC(=O)c3ccnc(-n4ccnc4)c3)C2)cn1. The molecule has 1 aliphatic rings. The highest BCUT2D eigenvalue weighted by Crippen LogP contribution is 2.19. The zero-order valence-electron chi connectivity index (χ0n) is 14.6. The molecule has 1 fully saturated rings. The predicted molar refractivity (Wildman–Crippen MR) is 97.3 cm³/mol. The van der Waals surface area contributed by atoms with Crippen LogP contribution in [0.5, 0.6) is 0 Å². The molecule has 0 aromatic carbocycles. The van der Waals surface area contributed by atoms with Crippen molar-refractivity contribution in [2.24, 2.45) is 7.05 Å². The number of pyridine rings is 1. The second kappa shape index (κ2) is 6.99. The summed E-state index contributed by atoms with van der Waals surface area (Å²) in [6, 6.07) is 3.62. The number of nitrogens with zero attached hydrogens (tertiary/aromatic N) is 6. The van der Waals surface area contributed by atoms with Gasteiger partial charge in [0.05, 0.1) is 11.9 Å². The van der Waals surface area contributed by atoms with E-state index in [9.17, 15) is 4.79 Å². The molecule has 0 spiro atoms. The van der Waals surface area contributed by atoms with Crippen LogP contribution >= 0.6 is 0 Å². The first-order chi connectivity index (χ1) is 12.7. The molecule has 0 radical (unpaired) electrons. The molecule has 3 aromatic rings. The van der Waals surface area contributed by atoms with Gasteiger partial charge in [0, 0.05) is 56.5 Å². The molecule has 0 bridgehead atoms. The number of anilines is 1. The third-order valence-electron chi connectivity index (χ3n) is 4.59. The minimum absolute atomic E-state index is 0.0770. The van der Waals surface area contributed by atoms with Crippen molar-refractivity contribution in [3.8, 4) is 5.82 Å². The van der Waals surface area contributed by atoms with Crippen LogP contribution in [0.1, 0.15) is 23.2 Å². The van der Waals surface area contributed by atoms with Gasteiger partial charge < -0.3 is 10.2 Å². The zero-order chi connectivity index (χ0) is 17.9. The first kappa shape index (κ1) is 16.3. The van der Waals surface area contributed by atoms with Crippen molar-refractivity contribution < 1.29 is 4.79 Å². The first-order valence-electron chi connectivity index (χ1n) is 8.68. The topological polar surface area (TPSA) is 80.9 Å². The number of amides is 1. The number of aromatic nitrogens is 5. The van der Waals surface area contributed by atoms with Gasteiger partial charge in [-0.2, -0.15) is 5.10 Å². The molecule has 1 N–H and O–H groups in total. The van der Waals surface area contributed by atoms with E-state index < -0.39 is 0 Å². The van der Waals surface area contributed by atoms with Crippen molar-refractivity contribution in [1.29, 1.82) is 0 Å². The van der Waals surface area contributed by atoms with Crippen molar-refractivity contribution in [3.63, 3.8) is 0 Å². The number of aryl methyl sites for hydroxylation is 1. The van der Waals surface area contributed by atoms with Crippen LogP contribution in [0.3, 0.4) is 0 Å². The molecule has 26 heavy (non-hydrogen) atoms. The maximum absolute atomic E-state index is 12.7. The van der Waals surface area contributed by atoms with Gasteiger partial charge in [0.1, 0.15) is 12.1 Å². The highest BCUT2D eigenvalue weighted by Gasteiger charge is 2.23. The Bertz CT molecular complexity index is 887. The molecule has 8 nitrogen and oxygen atoms in total. The molecule has 134 valence electrons. The maximum atomic E-state index is 12.7. The van der Waals surface area contributed by atoms with Crippen LogP contribution < -0.4 is 10.2 Å². The fourth-order valence-electron chi connectivity index (χ4n) is 3.27. The zero-order valence-corrected chi connectivity index (χ0v) is 14.6. The summed E-state index contributed by atoms with van der Waals surface area (Å²) in [6.45, 7) is 1.77. The van der Waals surface area contributed by atoms with E-state index in [-0.39, 0.29) is 11.9 Å². The van der Waals surface area contributed by atoms with E-state index in [1.165, 1.54) is 0 Å². The number of rotatable bonds is 4. The molecule has 4 rings (SSSR count). The van der Waals surface area contributed by atoms with Crippen molar-refractivity contribution in [2.45, 2.75) is 18.9 Å². The summed E-state index contributed by atoms with van der Waals surface area (Å²) in [5.74, 6) is 0.600. The summed E-state index contributed by atoms with van der Waals surface area (Å²) in [6.07, 6.45) is 12.7. The second-order valence-electron chi connectivity index (χ2n) is 6.50. The van der Waals surface area contributed by atoms with E-state index in [2.05, 4.69) is 25.3 Å². The van der Waals surface area contributed by atoms with Gasteiger partial charge in [-0.25, -0.2) is 9.97 Å². The second-order valence-corrected chi connectivity index (χ2v) is 6.50. The minimum atomic E-state index is -0.0770. The van der Waals surface area contributed by atoms with Gasteiger partial charge in [-0.3, -0.25) is 14.0 Å². The summed E-state index contributed by atoms with van der Waals surface area (Å²) in [5.41, 5.74) is 1.69.